The first-order valence-corrected chi connectivity index (χ1v) is 27.8. The van der Waals surface area contributed by atoms with E-state index in [1.807, 2.05) is 128 Å². The number of nitrogens with zero attached hydrogens (tertiary/aromatic N) is 6. The number of rotatable bonds is 18. The number of hydrogen-bond donors (Lipinski definition) is 2. The molecular formula is C60H66N8O8S2. The Morgan fingerprint density at radius 3 is 1.45 bits per heavy atom. The highest BCUT2D eigenvalue weighted by molar-refractivity contribution is 8.15. The molecule has 6 aromatic carbocycles. The molecule has 0 saturated carbocycles. The van der Waals surface area contributed by atoms with Crippen LogP contribution in [0.2, 0.25) is 0 Å². The lowest BCUT2D eigenvalue weighted by Crippen LogP contribution is -2.30. The molecule has 2 aliphatic heterocycles. The number of aryl methyl sites for hydroxylation is 3. The number of fused-ring (bicyclic) bond motifs is 2. The number of ether oxygens (including phenoxy) is 4. The van der Waals surface area contributed by atoms with Gasteiger partial charge in [0.25, 0.3) is 10.5 Å². The molecule has 1 unspecified atom stereocenters. The smallest absolute Gasteiger partial charge is 0.286 e. The summed E-state index contributed by atoms with van der Waals surface area (Å²) in [5, 5.41) is 3.52. The molecule has 8 aromatic rings. The summed E-state index contributed by atoms with van der Waals surface area (Å²) in [7, 11) is 3.98. The minimum Gasteiger partial charge on any atom is -0.486 e. The van der Waals surface area contributed by atoms with Crippen molar-refractivity contribution in [3.8, 4) is 34.5 Å². The minimum absolute atomic E-state index is 0.185. The van der Waals surface area contributed by atoms with Crippen LogP contribution in [0.15, 0.2) is 133 Å². The zero-order valence-corrected chi connectivity index (χ0v) is 47.1. The summed E-state index contributed by atoms with van der Waals surface area (Å²) < 4.78 is 28.4. The molecule has 1 atom stereocenters. The number of benzene rings is 6. The third-order valence-electron chi connectivity index (χ3n) is 13.0. The van der Waals surface area contributed by atoms with Crippen molar-refractivity contribution in [2.45, 2.75) is 85.4 Å². The van der Waals surface area contributed by atoms with E-state index >= 15 is 0 Å². The van der Waals surface area contributed by atoms with Gasteiger partial charge in [-0.1, -0.05) is 65.5 Å². The number of amides is 4. The fourth-order valence-electron chi connectivity index (χ4n) is 8.95. The maximum absolute atomic E-state index is 11.8. The number of aromatic nitrogens is 4. The molecule has 0 spiro atoms. The molecule has 18 heteroatoms. The van der Waals surface area contributed by atoms with E-state index in [-0.39, 0.29) is 27.5 Å². The van der Waals surface area contributed by atoms with Gasteiger partial charge >= 0.3 is 0 Å². The zero-order chi connectivity index (χ0) is 55.5. The van der Waals surface area contributed by atoms with E-state index in [1.165, 1.54) is 5.56 Å². The topological polar surface area (TPSA) is 171 Å². The molecule has 0 bridgehead atoms. The zero-order valence-electron chi connectivity index (χ0n) is 45.4. The number of imide groups is 2. The lowest BCUT2D eigenvalue weighted by atomic mass is 10.1. The Hall–Kier alpha value is -7.96. The quantitative estimate of drug-likeness (QED) is 0.0831. The maximum atomic E-state index is 11.8. The Balaban J connectivity index is 0.000000185. The number of anilines is 2. The minimum atomic E-state index is -0.381. The molecule has 10 rings (SSSR count). The van der Waals surface area contributed by atoms with Crippen LogP contribution >= 0.6 is 23.5 Å². The third kappa shape index (κ3) is 14.5. The van der Waals surface area contributed by atoms with Crippen LogP contribution in [-0.4, -0.2) is 77.6 Å². The molecule has 2 aliphatic rings. The summed E-state index contributed by atoms with van der Waals surface area (Å²) in [6.45, 7) is 17.8. The van der Waals surface area contributed by atoms with Crippen molar-refractivity contribution in [2.24, 2.45) is 14.1 Å². The first kappa shape index (κ1) is 56.2. The van der Waals surface area contributed by atoms with Crippen LogP contribution in [0.5, 0.6) is 34.5 Å². The summed E-state index contributed by atoms with van der Waals surface area (Å²) in [6, 6.07) is 44.8. The molecule has 4 amide bonds. The Kier molecular flexibility index (Phi) is 18.7. The van der Waals surface area contributed by atoms with Crippen molar-refractivity contribution in [1.82, 2.24) is 29.7 Å². The van der Waals surface area contributed by atoms with Gasteiger partial charge in [-0.05, 0) is 133 Å². The van der Waals surface area contributed by atoms with Gasteiger partial charge in [-0.2, -0.15) is 0 Å². The average Bonchev–Trinajstić information content (AvgIpc) is 4.18. The van der Waals surface area contributed by atoms with Gasteiger partial charge in [0.2, 0.25) is 11.8 Å². The Labute approximate surface area is 463 Å². The third-order valence-corrected chi connectivity index (χ3v) is 14.8. The monoisotopic (exact) mass is 1090 g/mol. The van der Waals surface area contributed by atoms with Crippen molar-refractivity contribution >= 4 is 79.3 Å². The highest BCUT2D eigenvalue weighted by atomic mass is 32.2. The lowest BCUT2D eigenvalue weighted by molar-refractivity contribution is -0.119. The largest absolute Gasteiger partial charge is 0.486 e. The Bertz CT molecular complexity index is 3380. The number of hydrogen-bond acceptors (Lipinski definition) is 14. The predicted molar refractivity (Wildman–Crippen MR) is 312 cm³/mol. The van der Waals surface area contributed by atoms with Crippen molar-refractivity contribution in [3.05, 3.63) is 156 Å². The lowest BCUT2D eigenvalue weighted by Gasteiger charge is -2.27. The predicted octanol–water partition coefficient (Wildman–Crippen LogP) is 12.5. The van der Waals surface area contributed by atoms with Crippen LogP contribution < -0.4 is 39.4 Å². The van der Waals surface area contributed by atoms with E-state index in [2.05, 4.69) is 97.7 Å². The van der Waals surface area contributed by atoms with Gasteiger partial charge in [-0.15, -0.1) is 0 Å². The van der Waals surface area contributed by atoms with E-state index in [0.29, 0.717) is 43.2 Å². The molecule has 2 aromatic heterocycles. The summed E-state index contributed by atoms with van der Waals surface area (Å²) in [5.41, 5.74) is 8.24. The van der Waals surface area contributed by atoms with E-state index in [9.17, 15) is 19.2 Å². The summed E-state index contributed by atoms with van der Waals surface area (Å²) >= 11 is 2.04. The number of carbonyl (C=O) groups excluding carboxylic acids is 4. The van der Waals surface area contributed by atoms with Crippen molar-refractivity contribution in [2.75, 3.05) is 28.6 Å². The number of nitrogens with one attached hydrogen (secondary N) is 2. The Morgan fingerprint density at radius 2 is 1.05 bits per heavy atom. The van der Waals surface area contributed by atoms with Crippen LogP contribution in [-0.2, 0) is 43.3 Å². The van der Waals surface area contributed by atoms with Crippen LogP contribution in [0.25, 0.3) is 22.1 Å². The second-order valence-electron chi connectivity index (χ2n) is 19.2. The average molecular weight is 1090 g/mol. The highest BCUT2D eigenvalue weighted by Crippen LogP contribution is 2.32. The second-order valence-corrected chi connectivity index (χ2v) is 21.3. The molecule has 0 aliphatic carbocycles. The van der Waals surface area contributed by atoms with E-state index in [4.69, 9.17) is 28.9 Å². The standard InChI is InChI=1S/C30H32N4O4S.C27H31N3O2.C3H3NO2S/c1-5-34(19(2)3)21-7-6-8-23(16-21)38-24-13-14-25-26(17-24)33(4)28(31-25)18-37-22-11-9-20(10-12-22)15-27-29(35)32-30(36)39-27;1-6-30(19(2)3)21-8-7-9-23(16-21)32-24-14-15-25-26(17-24)29(5)27(28-25)18-31-22-12-10-20(4)11-13-22;5-2-1-7-3(6)4-2/h6-14,16-17,19,27H,5,15,18H2,1-4H3,(H,32,35,36);7-17,19H,6,18H2,1-5H3;1H2,(H,4,5,6). The molecule has 2 N–H and O–H groups in total. The number of carbonyl (C=O) groups is 4. The van der Waals surface area contributed by atoms with Gasteiger partial charge in [0.1, 0.15) is 59.4 Å². The summed E-state index contributed by atoms with van der Waals surface area (Å²) in [4.78, 5) is 57.5. The van der Waals surface area contributed by atoms with Crippen LogP contribution in [0, 0.1) is 6.92 Å². The van der Waals surface area contributed by atoms with Crippen molar-refractivity contribution in [3.63, 3.8) is 0 Å². The number of thioether (sulfide) groups is 2. The van der Waals surface area contributed by atoms with Gasteiger partial charge in [-0.3, -0.25) is 29.8 Å². The fraction of sp³-hybridized carbons (Fsp3) is 0.300. The maximum Gasteiger partial charge on any atom is 0.286 e. The summed E-state index contributed by atoms with van der Waals surface area (Å²) in [6.07, 6.45) is 0.497. The molecular weight excluding hydrogens is 1020 g/mol. The summed E-state index contributed by atoms with van der Waals surface area (Å²) in [5.74, 6) is 6.23. The number of imidazole rings is 2. The first-order valence-electron chi connectivity index (χ1n) is 25.9. The van der Waals surface area contributed by atoms with Crippen LogP contribution in [0.3, 0.4) is 0 Å². The highest BCUT2D eigenvalue weighted by Gasteiger charge is 2.31. The second kappa shape index (κ2) is 25.9. The van der Waals surface area contributed by atoms with Gasteiger partial charge < -0.3 is 37.9 Å². The molecule has 2 saturated heterocycles. The van der Waals surface area contributed by atoms with Gasteiger partial charge in [0, 0.05) is 74.9 Å². The van der Waals surface area contributed by atoms with E-state index in [0.717, 1.165) is 116 Å². The van der Waals surface area contributed by atoms with Crippen LogP contribution in [0.1, 0.15) is 64.3 Å². The molecule has 4 heterocycles. The van der Waals surface area contributed by atoms with Gasteiger partial charge in [-0.25, -0.2) is 9.97 Å². The first-order chi connectivity index (χ1) is 37.5. The Morgan fingerprint density at radius 1 is 0.590 bits per heavy atom. The molecule has 406 valence electrons. The van der Waals surface area contributed by atoms with Gasteiger partial charge in [0.15, 0.2) is 0 Å². The fourth-order valence-corrected chi connectivity index (χ4v) is 10.3. The van der Waals surface area contributed by atoms with Crippen molar-refractivity contribution in [1.29, 1.82) is 0 Å². The molecule has 16 nitrogen and oxygen atoms in total. The molecule has 0 radical (unpaired) electrons. The van der Waals surface area contributed by atoms with E-state index < -0.39 is 0 Å². The molecule has 2 fully saturated rings. The van der Waals surface area contributed by atoms with Crippen LogP contribution in [0.4, 0.5) is 21.0 Å². The SMILES string of the molecule is CCN(c1cccc(Oc2ccc3nc(COc4ccc(C)cc4)n(C)c3c2)c1)C(C)C.CCN(c1cccc(Oc2ccc3nc(COc4ccc(CC5SC(=O)NC5=O)cc4)n(C)c3c2)c1)C(C)C.O=C1CSC(=O)N1. The van der Waals surface area contributed by atoms with E-state index in [1.54, 1.807) is 0 Å². The van der Waals surface area contributed by atoms with Crippen molar-refractivity contribution < 1.29 is 38.1 Å². The normalized spacial score (nSPS) is 14.0. The molecule has 78 heavy (non-hydrogen) atoms. The van der Waals surface area contributed by atoms with Gasteiger partial charge in [0.05, 0.1) is 33.1 Å².